The van der Waals surface area contributed by atoms with Gasteiger partial charge in [-0.15, -0.1) is 0 Å². The van der Waals surface area contributed by atoms with E-state index in [1.54, 1.807) is 18.2 Å². The van der Waals surface area contributed by atoms with Gasteiger partial charge in [-0.2, -0.15) is 4.98 Å². The molecule has 0 amide bonds. The lowest BCUT2D eigenvalue weighted by Gasteiger charge is -2.20. The van der Waals surface area contributed by atoms with Crippen molar-refractivity contribution in [3.05, 3.63) is 23.2 Å². The van der Waals surface area contributed by atoms with Gasteiger partial charge in [0.15, 0.2) is 5.58 Å². The van der Waals surface area contributed by atoms with Crippen LogP contribution in [0.4, 0.5) is 6.01 Å². The summed E-state index contributed by atoms with van der Waals surface area (Å²) in [5, 5.41) is 0.610. The van der Waals surface area contributed by atoms with E-state index in [1.807, 2.05) is 4.90 Å². The van der Waals surface area contributed by atoms with Crippen molar-refractivity contribution in [1.29, 1.82) is 0 Å². The van der Waals surface area contributed by atoms with E-state index in [2.05, 4.69) is 4.98 Å². The van der Waals surface area contributed by atoms with Gasteiger partial charge in [0.05, 0.1) is 7.11 Å². The Bertz CT molecular complexity index is 625. The standard InChI is InChI=1S/C13H13ClN2O3/c1-18-12(17)10-3-2-6-16(10)13-15-9-7-8(14)4-5-11(9)19-13/h4-5,7,10H,2-3,6H2,1H3/t10-/m0/s1. The number of aromatic nitrogens is 1. The van der Waals surface area contributed by atoms with E-state index in [4.69, 9.17) is 20.8 Å². The molecule has 19 heavy (non-hydrogen) atoms. The molecule has 1 saturated heterocycles. The van der Waals surface area contributed by atoms with Crippen LogP contribution in [0.15, 0.2) is 22.6 Å². The highest BCUT2D eigenvalue weighted by atomic mass is 35.5. The summed E-state index contributed by atoms with van der Waals surface area (Å²) in [5.74, 6) is -0.252. The molecule has 0 N–H and O–H groups in total. The van der Waals surface area contributed by atoms with Gasteiger partial charge >= 0.3 is 5.97 Å². The first-order valence-corrected chi connectivity index (χ1v) is 6.47. The number of methoxy groups -OCH3 is 1. The molecule has 0 aliphatic carbocycles. The number of esters is 1. The number of halogens is 1. The van der Waals surface area contributed by atoms with Crippen LogP contribution in [0.25, 0.3) is 11.1 Å². The molecule has 0 unspecified atom stereocenters. The lowest BCUT2D eigenvalue weighted by Crippen LogP contribution is -2.37. The molecule has 5 nitrogen and oxygen atoms in total. The van der Waals surface area contributed by atoms with Crippen molar-refractivity contribution < 1.29 is 13.9 Å². The van der Waals surface area contributed by atoms with Crippen molar-refractivity contribution in [2.45, 2.75) is 18.9 Å². The summed E-state index contributed by atoms with van der Waals surface area (Å²) in [5.41, 5.74) is 1.35. The largest absolute Gasteiger partial charge is 0.467 e. The first-order chi connectivity index (χ1) is 9.19. The monoisotopic (exact) mass is 280 g/mol. The number of ether oxygens (including phenoxy) is 1. The van der Waals surface area contributed by atoms with Crippen molar-refractivity contribution >= 4 is 34.7 Å². The van der Waals surface area contributed by atoms with Gasteiger partial charge in [-0.3, -0.25) is 0 Å². The molecule has 1 aromatic carbocycles. The molecule has 0 saturated carbocycles. The van der Waals surface area contributed by atoms with Gasteiger partial charge in [-0.25, -0.2) is 4.79 Å². The molecule has 0 spiro atoms. The highest BCUT2D eigenvalue weighted by Gasteiger charge is 2.34. The fourth-order valence-electron chi connectivity index (χ4n) is 2.39. The zero-order valence-corrected chi connectivity index (χ0v) is 11.2. The SMILES string of the molecule is COC(=O)[C@@H]1CCCN1c1nc2cc(Cl)ccc2o1. The number of hydrogen-bond acceptors (Lipinski definition) is 5. The van der Waals surface area contributed by atoms with E-state index in [-0.39, 0.29) is 12.0 Å². The lowest BCUT2D eigenvalue weighted by atomic mass is 10.2. The number of anilines is 1. The molecule has 1 aromatic heterocycles. The zero-order chi connectivity index (χ0) is 13.4. The summed E-state index contributed by atoms with van der Waals surface area (Å²) >= 11 is 5.92. The summed E-state index contributed by atoms with van der Waals surface area (Å²) in [6, 6.07) is 5.41. The number of benzene rings is 1. The van der Waals surface area contributed by atoms with Crippen molar-refractivity contribution in [2.24, 2.45) is 0 Å². The van der Waals surface area contributed by atoms with Crippen molar-refractivity contribution in [3.63, 3.8) is 0 Å². The number of carbonyl (C=O) groups is 1. The Balaban J connectivity index is 1.97. The van der Waals surface area contributed by atoms with Crippen LogP contribution in [0.1, 0.15) is 12.8 Å². The number of nitrogens with zero attached hydrogens (tertiary/aromatic N) is 2. The van der Waals surface area contributed by atoms with Crippen LogP contribution >= 0.6 is 11.6 Å². The quantitative estimate of drug-likeness (QED) is 0.792. The maximum atomic E-state index is 11.7. The predicted molar refractivity (Wildman–Crippen MR) is 71.4 cm³/mol. The molecule has 0 bridgehead atoms. The normalized spacial score (nSPS) is 19.1. The van der Waals surface area contributed by atoms with Gasteiger partial charge < -0.3 is 14.1 Å². The second-order valence-electron chi connectivity index (χ2n) is 4.48. The Hall–Kier alpha value is -1.75. The highest BCUT2D eigenvalue weighted by molar-refractivity contribution is 6.31. The van der Waals surface area contributed by atoms with E-state index in [0.717, 1.165) is 19.4 Å². The van der Waals surface area contributed by atoms with Crippen LogP contribution in [-0.2, 0) is 9.53 Å². The molecular formula is C13H13ClN2O3. The average molecular weight is 281 g/mol. The molecule has 1 fully saturated rings. The van der Waals surface area contributed by atoms with E-state index < -0.39 is 0 Å². The molecule has 1 atom stereocenters. The Labute approximate surface area is 115 Å². The van der Waals surface area contributed by atoms with Gasteiger partial charge in [-0.1, -0.05) is 11.6 Å². The first-order valence-electron chi connectivity index (χ1n) is 6.09. The number of carbonyl (C=O) groups excluding carboxylic acids is 1. The van der Waals surface area contributed by atoms with Crippen molar-refractivity contribution in [1.82, 2.24) is 4.98 Å². The Morgan fingerprint density at radius 2 is 2.42 bits per heavy atom. The fourth-order valence-corrected chi connectivity index (χ4v) is 2.55. The summed E-state index contributed by atoms with van der Waals surface area (Å²) in [7, 11) is 1.39. The molecule has 6 heteroatoms. The third-order valence-corrected chi connectivity index (χ3v) is 3.55. The first kappa shape index (κ1) is 12.3. The van der Waals surface area contributed by atoms with Gasteiger partial charge in [0.2, 0.25) is 0 Å². The summed E-state index contributed by atoms with van der Waals surface area (Å²) < 4.78 is 10.5. The van der Waals surface area contributed by atoms with Crippen LogP contribution in [-0.4, -0.2) is 30.6 Å². The molecule has 3 rings (SSSR count). The Kier molecular flexibility index (Phi) is 3.06. The number of hydrogen-bond donors (Lipinski definition) is 0. The van der Waals surface area contributed by atoms with Gasteiger partial charge in [0, 0.05) is 11.6 Å². The van der Waals surface area contributed by atoms with Crippen LogP contribution in [0, 0.1) is 0 Å². The highest BCUT2D eigenvalue weighted by Crippen LogP contribution is 2.29. The molecule has 2 heterocycles. The van der Waals surface area contributed by atoms with Gasteiger partial charge in [0.25, 0.3) is 6.01 Å². The second-order valence-corrected chi connectivity index (χ2v) is 4.92. The summed E-state index contributed by atoms with van der Waals surface area (Å²) in [4.78, 5) is 17.9. The van der Waals surface area contributed by atoms with Crippen LogP contribution in [0.3, 0.4) is 0 Å². The zero-order valence-electron chi connectivity index (χ0n) is 10.4. The van der Waals surface area contributed by atoms with Crippen LogP contribution < -0.4 is 4.90 Å². The minimum absolute atomic E-state index is 0.252. The predicted octanol–water partition coefficient (Wildman–Crippen LogP) is 2.62. The number of rotatable bonds is 2. The molecule has 1 aliphatic heterocycles. The smallest absolute Gasteiger partial charge is 0.328 e. The Morgan fingerprint density at radius 3 is 3.21 bits per heavy atom. The minimum Gasteiger partial charge on any atom is -0.467 e. The maximum absolute atomic E-state index is 11.7. The van der Waals surface area contributed by atoms with Crippen molar-refractivity contribution in [2.75, 3.05) is 18.6 Å². The summed E-state index contributed by atoms with van der Waals surface area (Å²) in [6.07, 6.45) is 1.67. The minimum atomic E-state index is -0.312. The second kappa shape index (κ2) is 4.74. The van der Waals surface area contributed by atoms with Crippen LogP contribution in [0.5, 0.6) is 0 Å². The van der Waals surface area contributed by atoms with Gasteiger partial charge in [0.1, 0.15) is 11.6 Å². The van der Waals surface area contributed by atoms with E-state index in [0.29, 0.717) is 22.1 Å². The van der Waals surface area contributed by atoms with Crippen molar-refractivity contribution in [3.8, 4) is 0 Å². The number of oxazole rings is 1. The topological polar surface area (TPSA) is 55.6 Å². The third kappa shape index (κ3) is 2.14. The molecule has 1 aliphatic rings. The maximum Gasteiger partial charge on any atom is 0.328 e. The lowest BCUT2D eigenvalue weighted by molar-refractivity contribution is -0.142. The molecule has 0 radical (unpaired) electrons. The van der Waals surface area contributed by atoms with E-state index >= 15 is 0 Å². The summed E-state index contributed by atoms with van der Waals surface area (Å²) in [6.45, 7) is 0.736. The van der Waals surface area contributed by atoms with Gasteiger partial charge in [-0.05, 0) is 31.0 Å². The molecule has 100 valence electrons. The van der Waals surface area contributed by atoms with E-state index in [1.165, 1.54) is 7.11 Å². The molecule has 2 aromatic rings. The fraction of sp³-hybridized carbons (Fsp3) is 0.385. The number of fused-ring (bicyclic) bond motifs is 1. The van der Waals surface area contributed by atoms with E-state index in [9.17, 15) is 4.79 Å². The average Bonchev–Trinajstić information content (AvgIpc) is 3.02. The molecular weight excluding hydrogens is 268 g/mol. The van der Waals surface area contributed by atoms with Crippen LogP contribution in [0.2, 0.25) is 5.02 Å². The third-order valence-electron chi connectivity index (χ3n) is 3.31. The Morgan fingerprint density at radius 1 is 1.58 bits per heavy atom.